The molecule has 1 unspecified atom stereocenters. The number of aryl methyl sites for hydroxylation is 1. The van der Waals surface area contributed by atoms with Crippen molar-refractivity contribution in [2.75, 3.05) is 13.7 Å². The van der Waals surface area contributed by atoms with Crippen LogP contribution in [0, 0.1) is 6.92 Å². The summed E-state index contributed by atoms with van der Waals surface area (Å²) in [6.07, 6.45) is -0.188. The van der Waals surface area contributed by atoms with Gasteiger partial charge in [0.1, 0.15) is 4.99 Å². The van der Waals surface area contributed by atoms with E-state index in [-0.39, 0.29) is 22.5 Å². The Hall–Kier alpha value is -1.02. The van der Waals surface area contributed by atoms with Gasteiger partial charge in [-0.3, -0.25) is 0 Å². The zero-order valence-corrected chi connectivity index (χ0v) is 12.8. The van der Waals surface area contributed by atoms with E-state index in [0.29, 0.717) is 5.56 Å². The molecule has 1 aromatic carbocycles. The molecule has 1 aromatic rings. The molecule has 5 nitrogen and oxygen atoms in total. The first kappa shape index (κ1) is 16.0. The Morgan fingerprint density at radius 2 is 2.16 bits per heavy atom. The number of hydrogen-bond acceptors (Lipinski definition) is 4. The van der Waals surface area contributed by atoms with E-state index < -0.39 is 10.0 Å². The van der Waals surface area contributed by atoms with Gasteiger partial charge in [-0.2, -0.15) is 0 Å². The van der Waals surface area contributed by atoms with E-state index in [1.807, 2.05) is 0 Å². The molecule has 0 heterocycles. The molecule has 0 aliphatic carbocycles. The molecule has 0 fully saturated rings. The molecule has 1 atom stereocenters. The van der Waals surface area contributed by atoms with Crippen molar-refractivity contribution < 1.29 is 13.2 Å². The summed E-state index contributed by atoms with van der Waals surface area (Å²) in [5.41, 5.74) is 6.95. The van der Waals surface area contributed by atoms with E-state index in [2.05, 4.69) is 4.72 Å². The SMILES string of the molecule is COC(C)CNS(=O)(=O)c1ccc(C(N)=S)c(C)c1. The molecule has 0 bridgehead atoms. The van der Waals surface area contributed by atoms with Crippen LogP contribution in [0.1, 0.15) is 18.1 Å². The second-order valence-corrected chi connectivity index (χ2v) is 6.45. The van der Waals surface area contributed by atoms with Gasteiger partial charge >= 0.3 is 0 Å². The molecular formula is C12H18N2O3S2. The fourth-order valence-corrected chi connectivity index (χ4v) is 2.90. The Bertz CT molecular complexity index is 570. The molecule has 0 aliphatic rings. The van der Waals surface area contributed by atoms with Crippen molar-refractivity contribution in [1.82, 2.24) is 4.72 Å². The Morgan fingerprint density at radius 3 is 2.63 bits per heavy atom. The van der Waals surface area contributed by atoms with Crippen molar-refractivity contribution in [3.8, 4) is 0 Å². The Balaban J connectivity index is 2.96. The minimum atomic E-state index is -3.54. The van der Waals surface area contributed by atoms with Crippen LogP contribution < -0.4 is 10.5 Å². The summed E-state index contributed by atoms with van der Waals surface area (Å²) in [7, 11) is -2.02. The second kappa shape index (κ2) is 6.42. The molecule has 106 valence electrons. The predicted molar refractivity (Wildman–Crippen MR) is 78.7 cm³/mol. The van der Waals surface area contributed by atoms with E-state index >= 15 is 0 Å². The summed E-state index contributed by atoms with van der Waals surface area (Å²) in [4.78, 5) is 0.440. The third kappa shape index (κ3) is 4.24. The largest absolute Gasteiger partial charge is 0.389 e. The molecule has 0 aromatic heterocycles. The van der Waals surface area contributed by atoms with Crippen molar-refractivity contribution >= 4 is 27.2 Å². The van der Waals surface area contributed by atoms with Gasteiger partial charge in [-0.1, -0.05) is 18.3 Å². The summed E-state index contributed by atoms with van der Waals surface area (Å²) < 4.78 is 31.6. The normalized spacial score (nSPS) is 13.2. The summed E-state index contributed by atoms with van der Waals surface area (Å²) >= 11 is 4.88. The monoisotopic (exact) mass is 302 g/mol. The van der Waals surface area contributed by atoms with Crippen LogP contribution in [0.5, 0.6) is 0 Å². The van der Waals surface area contributed by atoms with Gasteiger partial charge in [-0.15, -0.1) is 0 Å². The third-order valence-corrected chi connectivity index (χ3v) is 4.38. The first-order chi connectivity index (χ1) is 8.77. The quantitative estimate of drug-likeness (QED) is 0.764. The highest BCUT2D eigenvalue weighted by Gasteiger charge is 2.16. The highest BCUT2D eigenvalue weighted by Crippen LogP contribution is 2.15. The number of hydrogen-bond donors (Lipinski definition) is 2. The zero-order chi connectivity index (χ0) is 14.6. The third-order valence-electron chi connectivity index (χ3n) is 2.74. The lowest BCUT2D eigenvalue weighted by Crippen LogP contribution is -2.31. The van der Waals surface area contributed by atoms with Crippen LogP contribution in [-0.4, -0.2) is 33.2 Å². The predicted octanol–water partition coefficient (Wildman–Crippen LogP) is 0.942. The van der Waals surface area contributed by atoms with Crippen LogP contribution in [0.15, 0.2) is 23.1 Å². The first-order valence-electron chi connectivity index (χ1n) is 5.71. The summed E-state index contributed by atoms with van der Waals surface area (Å²) in [5, 5.41) is 0. The summed E-state index contributed by atoms with van der Waals surface area (Å²) in [6, 6.07) is 4.65. The van der Waals surface area contributed by atoms with Gasteiger partial charge in [0, 0.05) is 19.2 Å². The number of methoxy groups -OCH3 is 1. The lowest BCUT2D eigenvalue weighted by atomic mass is 10.1. The topological polar surface area (TPSA) is 81.4 Å². The molecular weight excluding hydrogens is 284 g/mol. The van der Waals surface area contributed by atoms with Crippen LogP contribution in [0.3, 0.4) is 0 Å². The highest BCUT2D eigenvalue weighted by atomic mass is 32.2. The highest BCUT2D eigenvalue weighted by molar-refractivity contribution is 7.89. The number of nitrogens with one attached hydrogen (secondary N) is 1. The Morgan fingerprint density at radius 1 is 1.53 bits per heavy atom. The number of nitrogens with two attached hydrogens (primary N) is 1. The van der Waals surface area contributed by atoms with Gasteiger partial charge in [-0.25, -0.2) is 13.1 Å². The lowest BCUT2D eigenvalue weighted by Gasteiger charge is -2.12. The van der Waals surface area contributed by atoms with Gasteiger partial charge in [0.2, 0.25) is 10.0 Å². The number of sulfonamides is 1. The number of benzene rings is 1. The van der Waals surface area contributed by atoms with E-state index in [1.165, 1.54) is 13.2 Å². The average molecular weight is 302 g/mol. The van der Waals surface area contributed by atoms with Crippen molar-refractivity contribution in [2.24, 2.45) is 5.73 Å². The Kier molecular flexibility index (Phi) is 5.42. The summed E-state index contributed by atoms with van der Waals surface area (Å²) in [6.45, 7) is 3.77. The number of ether oxygens (including phenoxy) is 1. The minimum Gasteiger partial charge on any atom is -0.389 e. The lowest BCUT2D eigenvalue weighted by molar-refractivity contribution is 0.122. The standard InChI is InChI=1S/C12H18N2O3S2/c1-8-6-10(4-5-11(8)12(13)18)19(15,16)14-7-9(2)17-3/h4-6,9,14H,7H2,1-3H3,(H2,13,18). The van der Waals surface area contributed by atoms with Crippen molar-refractivity contribution in [3.05, 3.63) is 29.3 Å². The molecule has 1 rings (SSSR count). The molecule has 3 N–H and O–H groups in total. The molecule has 7 heteroatoms. The number of thiocarbonyl (C=S) groups is 1. The van der Waals surface area contributed by atoms with Crippen molar-refractivity contribution in [1.29, 1.82) is 0 Å². The van der Waals surface area contributed by atoms with E-state index in [1.54, 1.807) is 26.0 Å². The van der Waals surface area contributed by atoms with E-state index in [9.17, 15) is 8.42 Å². The van der Waals surface area contributed by atoms with E-state index in [4.69, 9.17) is 22.7 Å². The van der Waals surface area contributed by atoms with E-state index in [0.717, 1.165) is 5.56 Å². The molecule has 0 saturated carbocycles. The van der Waals surface area contributed by atoms with Crippen LogP contribution in [-0.2, 0) is 14.8 Å². The maximum Gasteiger partial charge on any atom is 0.240 e. The molecule has 0 radical (unpaired) electrons. The second-order valence-electron chi connectivity index (χ2n) is 4.24. The fourth-order valence-electron chi connectivity index (χ4n) is 1.47. The molecule has 19 heavy (non-hydrogen) atoms. The molecule has 0 amide bonds. The van der Waals surface area contributed by atoms with Gasteiger partial charge in [0.05, 0.1) is 11.0 Å². The van der Waals surface area contributed by atoms with Gasteiger partial charge < -0.3 is 10.5 Å². The van der Waals surface area contributed by atoms with Crippen LogP contribution in [0.25, 0.3) is 0 Å². The Labute approximate surface area is 119 Å². The number of rotatable bonds is 6. The molecule has 0 spiro atoms. The molecule has 0 aliphatic heterocycles. The van der Waals surface area contributed by atoms with Crippen molar-refractivity contribution in [2.45, 2.75) is 24.8 Å². The summed E-state index contributed by atoms with van der Waals surface area (Å²) in [5.74, 6) is 0. The van der Waals surface area contributed by atoms with Crippen LogP contribution in [0.4, 0.5) is 0 Å². The van der Waals surface area contributed by atoms with Gasteiger partial charge in [0.15, 0.2) is 0 Å². The van der Waals surface area contributed by atoms with Gasteiger partial charge in [0.25, 0.3) is 0 Å². The van der Waals surface area contributed by atoms with Crippen LogP contribution >= 0.6 is 12.2 Å². The minimum absolute atomic E-state index is 0.188. The maximum absolute atomic E-state index is 12.1. The first-order valence-corrected chi connectivity index (χ1v) is 7.60. The van der Waals surface area contributed by atoms with Crippen LogP contribution in [0.2, 0.25) is 0 Å². The zero-order valence-electron chi connectivity index (χ0n) is 11.1. The maximum atomic E-state index is 12.1. The average Bonchev–Trinajstić information content (AvgIpc) is 2.35. The van der Waals surface area contributed by atoms with Crippen molar-refractivity contribution in [3.63, 3.8) is 0 Å². The fraction of sp³-hybridized carbons (Fsp3) is 0.417. The molecule has 0 saturated heterocycles. The smallest absolute Gasteiger partial charge is 0.240 e. The van der Waals surface area contributed by atoms with Gasteiger partial charge in [-0.05, 0) is 31.5 Å².